The molecule has 0 aliphatic rings. The molecule has 32 heavy (non-hydrogen) atoms. The second-order valence-corrected chi connectivity index (χ2v) is 7.27. The van der Waals surface area contributed by atoms with Gasteiger partial charge in [0, 0.05) is 29.1 Å². The number of Topliss-reactive ketones (excluding diaryl/α,β-unsaturated/α-hetero) is 1. The van der Waals surface area contributed by atoms with Crippen LogP contribution in [0.25, 0.3) is 22.2 Å². The third-order valence-electron chi connectivity index (χ3n) is 5.02. The number of aliphatic carboxylic acids is 1. The predicted molar refractivity (Wildman–Crippen MR) is 121 cm³/mol. The van der Waals surface area contributed by atoms with Crippen molar-refractivity contribution in [1.29, 1.82) is 0 Å². The standard InChI is InChI=1S/C25H19N3O4/c1-15(29)18-3-2-4-19(14-18)25(32)28-20-9-10-21-24(27-12-11-26-21)23(20)17-7-5-16(6-8-17)13-22(30)31/h2-12,14H,13H2,1H3,(H,28,32)(H,30,31). The Bertz CT molecular complexity index is 1350. The maximum atomic E-state index is 13.0. The molecule has 0 saturated heterocycles. The molecule has 2 N–H and O–H groups in total. The lowest BCUT2D eigenvalue weighted by molar-refractivity contribution is -0.136. The first-order valence-corrected chi connectivity index (χ1v) is 9.89. The number of carboxylic acid groups (broad SMARTS) is 1. The summed E-state index contributed by atoms with van der Waals surface area (Å²) in [6.07, 6.45) is 3.09. The van der Waals surface area contributed by atoms with Gasteiger partial charge in [-0.1, -0.05) is 36.4 Å². The molecule has 0 atom stereocenters. The van der Waals surface area contributed by atoms with Crippen LogP contribution in [0.15, 0.2) is 73.1 Å². The fourth-order valence-electron chi connectivity index (χ4n) is 3.47. The van der Waals surface area contributed by atoms with Gasteiger partial charge in [-0.05, 0) is 42.3 Å². The number of carbonyl (C=O) groups excluding carboxylic acids is 2. The molecule has 158 valence electrons. The summed E-state index contributed by atoms with van der Waals surface area (Å²) in [6.45, 7) is 1.45. The minimum Gasteiger partial charge on any atom is -0.481 e. The highest BCUT2D eigenvalue weighted by molar-refractivity contribution is 6.10. The highest BCUT2D eigenvalue weighted by Crippen LogP contribution is 2.34. The molecule has 0 fully saturated rings. The maximum Gasteiger partial charge on any atom is 0.307 e. The zero-order valence-corrected chi connectivity index (χ0v) is 17.2. The van der Waals surface area contributed by atoms with E-state index in [-0.39, 0.29) is 18.1 Å². The first-order chi connectivity index (χ1) is 15.4. The highest BCUT2D eigenvalue weighted by atomic mass is 16.4. The molecular formula is C25H19N3O4. The van der Waals surface area contributed by atoms with Gasteiger partial charge >= 0.3 is 5.97 Å². The molecule has 3 aromatic carbocycles. The smallest absolute Gasteiger partial charge is 0.307 e. The highest BCUT2D eigenvalue weighted by Gasteiger charge is 2.16. The van der Waals surface area contributed by atoms with E-state index in [1.807, 2.05) is 0 Å². The van der Waals surface area contributed by atoms with Crippen LogP contribution in [0.3, 0.4) is 0 Å². The predicted octanol–water partition coefficient (Wildman–Crippen LogP) is 4.38. The van der Waals surface area contributed by atoms with Gasteiger partial charge in [0.15, 0.2) is 5.78 Å². The molecular weight excluding hydrogens is 406 g/mol. The van der Waals surface area contributed by atoms with E-state index in [2.05, 4.69) is 15.3 Å². The summed E-state index contributed by atoms with van der Waals surface area (Å²) < 4.78 is 0. The number of hydrogen-bond acceptors (Lipinski definition) is 5. The average molecular weight is 425 g/mol. The van der Waals surface area contributed by atoms with Crippen molar-refractivity contribution < 1.29 is 19.5 Å². The topological polar surface area (TPSA) is 109 Å². The fourth-order valence-corrected chi connectivity index (χ4v) is 3.47. The van der Waals surface area contributed by atoms with Crippen molar-refractivity contribution in [3.63, 3.8) is 0 Å². The van der Waals surface area contributed by atoms with Crippen LogP contribution in [-0.2, 0) is 11.2 Å². The van der Waals surface area contributed by atoms with Crippen LogP contribution >= 0.6 is 0 Å². The molecule has 1 amide bonds. The maximum absolute atomic E-state index is 13.0. The third kappa shape index (κ3) is 4.37. The molecule has 0 radical (unpaired) electrons. The fraction of sp³-hybridized carbons (Fsp3) is 0.0800. The second-order valence-electron chi connectivity index (χ2n) is 7.27. The SMILES string of the molecule is CC(=O)c1cccc(C(=O)Nc2ccc3nccnc3c2-c2ccc(CC(=O)O)cc2)c1. The summed E-state index contributed by atoms with van der Waals surface area (Å²) in [5.74, 6) is -1.39. The molecule has 0 spiro atoms. The van der Waals surface area contributed by atoms with E-state index in [1.54, 1.807) is 73.1 Å². The monoisotopic (exact) mass is 425 g/mol. The first-order valence-electron chi connectivity index (χ1n) is 9.89. The summed E-state index contributed by atoms with van der Waals surface area (Å²) in [5.41, 5.74) is 4.71. The Morgan fingerprint density at radius 2 is 1.62 bits per heavy atom. The van der Waals surface area contributed by atoms with E-state index in [1.165, 1.54) is 6.92 Å². The van der Waals surface area contributed by atoms with E-state index in [0.29, 0.717) is 39.0 Å². The number of carbonyl (C=O) groups is 3. The molecule has 4 rings (SSSR count). The van der Waals surface area contributed by atoms with Crippen molar-refractivity contribution >= 4 is 34.4 Å². The van der Waals surface area contributed by atoms with E-state index in [4.69, 9.17) is 5.11 Å². The van der Waals surface area contributed by atoms with E-state index >= 15 is 0 Å². The first kappa shape index (κ1) is 20.9. The summed E-state index contributed by atoms with van der Waals surface area (Å²) in [4.78, 5) is 44.4. The number of anilines is 1. The van der Waals surface area contributed by atoms with E-state index in [9.17, 15) is 14.4 Å². The van der Waals surface area contributed by atoms with E-state index < -0.39 is 5.97 Å². The Morgan fingerprint density at radius 3 is 2.34 bits per heavy atom. The average Bonchev–Trinajstić information content (AvgIpc) is 2.79. The Labute approximate surface area is 183 Å². The van der Waals surface area contributed by atoms with Crippen LogP contribution < -0.4 is 5.32 Å². The van der Waals surface area contributed by atoms with Crippen molar-refractivity contribution in [2.45, 2.75) is 13.3 Å². The van der Waals surface area contributed by atoms with Gasteiger partial charge in [-0.25, -0.2) is 0 Å². The number of aromatic nitrogens is 2. The van der Waals surface area contributed by atoms with Crippen LogP contribution in [-0.4, -0.2) is 32.7 Å². The normalized spacial score (nSPS) is 10.7. The van der Waals surface area contributed by atoms with Gasteiger partial charge in [-0.15, -0.1) is 0 Å². The van der Waals surface area contributed by atoms with Gasteiger partial charge < -0.3 is 10.4 Å². The molecule has 0 aliphatic carbocycles. The van der Waals surface area contributed by atoms with Crippen LogP contribution in [0.4, 0.5) is 5.69 Å². The van der Waals surface area contributed by atoms with Crippen molar-refractivity contribution in [1.82, 2.24) is 9.97 Å². The number of carboxylic acids is 1. The van der Waals surface area contributed by atoms with Crippen LogP contribution in [0.1, 0.15) is 33.2 Å². The van der Waals surface area contributed by atoms with Gasteiger partial charge in [0.05, 0.1) is 23.1 Å². The molecule has 4 aromatic rings. The second kappa shape index (κ2) is 8.77. The zero-order valence-electron chi connectivity index (χ0n) is 17.2. The Hall–Kier alpha value is -4.39. The van der Waals surface area contributed by atoms with Crippen LogP contribution in [0, 0.1) is 0 Å². The van der Waals surface area contributed by atoms with Gasteiger partial charge in [0.25, 0.3) is 5.91 Å². The Morgan fingerprint density at radius 1 is 0.906 bits per heavy atom. The largest absolute Gasteiger partial charge is 0.481 e. The Kier molecular flexibility index (Phi) is 5.72. The quantitative estimate of drug-likeness (QED) is 0.444. The minimum atomic E-state index is -0.908. The number of amides is 1. The molecule has 7 heteroatoms. The number of nitrogens with zero attached hydrogens (tertiary/aromatic N) is 2. The molecule has 0 saturated carbocycles. The molecule has 1 aromatic heterocycles. The minimum absolute atomic E-state index is 0.0777. The lowest BCUT2D eigenvalue weighted by atomic mass is 9.99. The summed E-state index contributed by atoms with van der Waals surface area (Å²) in [7, 11) is 0. The van der Waals surface area contributed by atoms with Crippen molar-refractivity contribution in [3.8, 4) is 11.1 Å². The summed E-state index contributed by atoms with van der Waals surface area (Å²) in [5, 5.41) is 11.9. The lowest BCUT2D eigenvalue weighted by Gasteiger charge is -2.14. The van der Waals surface area contributed by atoms with Crippen molar-refractivity contribution in [2.75, 3.05) is 5.32 Å². The Balaban J connectivity index is 1.77. The zero-order chi connectivity index (χ0) is 22.7. The molecule has 0 aliphatic heterocycles. The van der Waals surface area contributed by atoms with Crippen molar-refractivity contribution in [2.24, 2.45) is 0 Å². The number of hydrogen-bond donors (Lipinski definition) is 2. The number of fused-ring (bicyclic) bond motifs is 1. The number of rotatable bonds is 6. The summed E-state index contributed by atoms with van der Waals surface area (Å²) >= 11 is 0. The summed E-state index contributed by atoms with van der Waals surface area (Å²) in [6, 6.07) is 17.1. The lowest BCUT2D eigenvalue weighted by Crippen LogP contribution is -2.13. The third-order valence-corrected chi connectivity index (χ3v) is 5.02. The van der Waals surface area contributed by atoms with Crippen LogP contribution in [0.5, 0.6) is 0 Å². The number of nitrogens with one attached hydrogen (secondary N) is 1. The molecule has 0 unspecified atom stereocenters. The van der Waals surface area contributed by atoms with Crippen molar-refractivity contribution in [3.05, 3.63) is 89.7 Å². The molecule has 1 heterocycles. The number of ketones is 1. The van der Waals surface area contributed by atoms with Gasteiger partial charge in [-0.3, -0.25) is 24.4 Å². The molecule has 7 nitrogen and oxygen atoms in total. The number of benzene rings is 3. The van der Waals surface area contributed by atoms with Crippen LogP contribution in [0.2, 0.25) is 0 Å². The van der Waals surface area contributed by atoms with Gasteiger partial charge in [0.2, 0.25) is 0 Å². The molecule has 0 bridgehead atoms. The van der Waals surface area contributed by atoms with E-state index in [0.717, 1.165) is 5.56 Å². The van der Waals surface area contributed by atoms with Gasteiger partial charge in [0.1, 0.15) is 0 Å². The van der Waals surface area contributed by atoms with Gasteiger partial charge in [-0.2, -0.15) is 0 Å².